The minimum atomic E-state index is -0.0873. The molecule has 0 spiro atoms. The summed E-state index contributed by atoms with van der Waals surface area (Å²) in [5.41, 5.74) is 3.29. The molecule has 4 rings (SSSR count). The van der Waals surface area contributed by atoms with E-state index in [1.54, 1.807) is 12.2 Å². The average molecular weight is 346 g/mol. The van der Waals surface area contributed by atoms with E-state index in [4.69, 9.17) is 0 Å². The van der Waals surface area contributed by atoms with E-state index >= 15 is 0 Å². The predicted octanol–water partition coefficient (Wildman–Crippen LogP) is 4.73. The number of nitrogens with zero attached hydrogens (tertiary/aromatic N) is 1. The van der Waals surface area contributed by atoms with Crippen LogP contribution in [0.2, 0.25) is 0 Å². The molecule has 0 saturated carbocycles. The molecule has 1 heterocycles. The van der Waals surface area contributed by atoms with Gasteiger partial charge in [-0.15, -0.1) is 0 Å². The van der Waals surface area contributed by atoms with Gasteiger partial charge in [0.2, 0.25) is 5.88 Å². The summed E-state index contributed by atoms with van der Waals surface area (Å²) in [6, 6.07) is 17.3. The molecule has 3 aromatic rings. The van der Waals surface area contributed by atoms with Crippen LogP contribution in [0.1, 0.15) is 16.0 Å². The highest BCUT2D eigenvalue weighted by Gasteiger charge is 2.18. The average Bonchev–Trinajstić information content (AvgIpc) is 2.97. The first kappa shape index (κ1) is 15.4. The lowest BCUT2D eigenvalue weighted by Crippen LogP contribution is -2.04. The monoisotopic (exact) mass is 346 g/mol. The van der Waals surface area contributed by atoms with Gasteiger partial charge in [0, 0.05) is 11.3 Å². The molecular formula is C20H14N2O2S. The number of aromatic nitrogens is 1. The number of anilines is 2. The van der Waals surface area contributed by atoms with E-state index in [1.165, 1.54) is 11.3 Å². The van der Waals surface area contributed by atoms with Crippen molar-refractivity contribution in [3.63, 3.8) is 0 Å². The van der Waals surface area contributed by atoms with Crippen molar-refractivity contribution in [2.75, 3.05) is 5.32 Å². The molecule has 5 heteroatoms. The predicted molar refractivity (Wildman–Crippen MR) is 102 cm³/mol. The lowest BCUT2D eigenvalue weighted by molar-refractivity contribution is -0.109. The SMILES string of the molecule is O=C1C=Cc2ccccc2C1=Cc1sc(Nc2ccccc2)nc1O. The van der Waals surface area contributed by atoms with Crippen LogP contribution in [0.15, 0.2) is 60.7 Å². The lowest BCUT2D eigenvalue weighted by atomic mass is 9.91. The summed E-state index contributed by atoms with van der Waals surface area (Å²) >= 11 is 1.30. The molecule has 1 aliphatic rings. The van der Waals surface area contributed by atoms with Crippen LogP contribution in [0, 0.1) is 0 Å². The molecule has 1 aromatic heterocycles. The molecule has 4 nitrogen and oxygen atoms in total. The molecule has 2 aromatic carbocycles. The third-order valence-electron chi connectivity index (χ3n) is 3.87. The Hall–Kier alpha value is -3.18. The van der Waals surface area contributed by atoms with Gasteiger partial charge in [0.05, 0.1) is 4.88 Å². The molecular weight excluding hydrogens is 332 g/mol. The number of nitrogens with one attached hydrogen (secondary N) is 1. The highest BCUT2D eigenvalue weighted by atomic mass is 32.1. The zero-order valence-corrected chi connectivity index (χ0v) is 14.0. The first-order valence-electron chi connectivity index (χ1n) is 7.76. The number of benzene rings is 2. The Balaban J connectivity index is 1.70. The Morgan fingerprint density at radius 1 is 1.00 bits per heavy atom. The molecule has 0 unspecified atom stereocenters. The Bertz CT molecular complexity index is 1000. The highest BCUT2D eigenvalue weighted by Crippen LogP contribution is 2.35. The molecule has 0 radical (unpaired) electrons. The van der Waals surface area contributed by atoms with Crippen molar-refractivity contribution in [2.24, 2.45) is 0 Å². The van der Waals surface area contributed by atoms with Crippen molar-refractivity contribution < 1.29 is 9.90 Å². The van der Waals surface area contributed by atoms with Gasteiger partial charge < -0.3 is 10.4 Å². The van der Waals surface area contributed by atoms with Crippen molar-refractivity contribution in [3.8, 4) is 5.88 Å². The van der Waals surface area contributed by atoms with Crippen molar-refractivity contribution in [1.29, 1.82) is 0 Å². The van der Waals surface area contributed by atoms with Crippen LogP contribution >= 0.6 is 11.3 Å². The Morgan fingerprint density at radius 2 is 1.76 bits per heavy atom. The first-order valence-corrected chi connectivity index (χ1v) is 8.58. The Labute approximate surface area is 148 Å². The molecule has 0 fully saturated rings. The maximum Gasteiger partial charge on any atom is 0.231 e. The largest absolute Gasteiger partial charge is 0.492 e. The van der Waals surface area contributed by atoms with Gasteiger partial charge >= 0.3 is 0 Å². The first-order chi connectivity index (χ1) is 12.2. The van der Waals surface area contributed by atoms with Gasteiger partial charge in [0.25, 0.3) is 0 Å². The number of hydrogen-bond acceptors (Lipinski definition) is 5. The van der Waals surface area contributed by atoms with Crippen molar-refractivity contribution in [1.82, 2.24) is 4.98 Å². The van der Waals surface area contributed by atoms with Gasteiger partial charge in [-0.05, 0) is 35.4 Å². The van der Waals surface area contributed by atoms with Crippen molar-refractivity contribution in [2.45, 2.75) is 0 Å². The summed E-state index contributed by atoms with van der Waals surface area (Å²) in [7, 11) is 0. The molecule has 0 saturated heterocycles. The quantitative estimate of drug-likeness (QED) is 0.673. The lowest BCUT2D eigenvalue weighted by Gasteiger charge is -2.12. The number of fused-ring (bicyclic) bond motifs is 1. The molecule has 0 aliphatic heterocycles. The van der Waals surface area contributed by atoms with Gasteiger partial charge in [-0.3, -0.25) is 4.79 Å². The number of hydrogen-bond donors (Lipinski definition) is 2. The number of allylic oxidation sites excluding steroid dienone is 2. The van der Waals surface area contributed by atoms with Crippen LogP contribution in [-0.2, 0) is 4.79 Å². The summed E-state index contributed by atoms with van der Waals surface area (Å²) in [6.07, 6.45) is 5.06. The second-order valence-corrected chi connectivity index (χ2v) is 6.57. The van der Waals surface area contributed by atoms with Crippen molar-refractivity contribution >= 4 is 45.7 Å². The van der Waals surface area contributed by atoms with E-state index in [0.29, 0.717) is 15.6 Å². The molecule has 122 valence electrons. The molecule has 25 heavy (non-hydrogen) atoms. The summed E-state index contributed by atoms with van der Waals surface area (Å²) in [5, 5.41) is 13.9. The van der Waals surface area contributed by atoms with E-state index in [2.05, 4.69) is 10.3 Å². The maximum atomic E-state index is 12.3. The van der Waals surface area contributed by atoms with Gasteiger partial charge in [-0.1, -0.05) is 59.9 Å². The normalized spacial score (nSPS) is 14.6. The third kappa shape index (κ3) is 3.09. The molecule has 0 atom stereocenters. The summed E-state index contributed by atoms with van der Waals surface area (Å²) in [4.78, 5) is 17.0. The van der Waals surface area contributed by atoms with E-state index in [-0.39, 0.29) is 11.7 Å². The van der Waals surface area contributed by atoms with Gasteiger partial charge in [0.15, 0.2) is 10.9 Å². The second kappa shape index (κ2) is 6.37. The molecule has 2 N–H and O–H groups in total. The number of thiazole rings is 1. The Morgan fingerprint density at radius 3 is 2.60 bits per heavy atom. The van der Waals surface area contributed by atoms with E-state index in [0.717, 1.165) is 16.8 Å². The fourth-order valence-electron chi connectivity index (χ4n) is 2.67. The number of carbonyl (C=O) groups excluding carboxylic acids is 1. The van der Waals surface area contributed by atoms with Gasteiger partial charge in [-0.2, -0.15) is 4.98 Å². The highest BCUT2D eigenvalue weighted by molar-refractivity contribution is 7.16. The molecule has 1 aliphatic carbocycles. The standard InChI is InChI=1S/C20H14N2O2S/c23-17-11-10-13-6-4-5-9-15(13)16(17)12-18-19(24)22-20(25-18)21-14-7-2-1-3-8-14/h1-12,24H,(H,21,22). The minimum Gasteiger partial charge on any atom is -0.492 e. The zero-order valence-electron chi connectivity index (χ0n) is 13.1. The van der Waals surface area contributed by atoms with Crippen LogP contribution in [0.5, 0.6) is 5.88 Å². The summed E-state index contributed by atoms with van der Waals surface area (Å²) in [6.45, 7) is 0. The number of para-hydroxylation sites is 1. The van der Waals surface area contributed by atoms with Crippen LogP contribution < -0.4 is 5.32 Å². The number of ketones is 1. The van der Waals surface area contributed by atoms with Crippen LogP contribution in [0.3, 0.4) is 0 Å². The third-order valence-corrected chi connectivity index (χ3v) is 4.77. The zero-order chi connectivity index (χ0) is 17.2. The smallest absolute Gasteiger partial charge is 0.231 e. The number of aromatic hydroxyl groups is 1. The molecule has 0 bridgehead atoms. The number of carbonyl (C=O) groups is 1. The maximum absolute atomic E-state index is 12.3. The van der Waals surface area contributed by atoms with Crippen LogP contribution in [0.4, 0.5) is 10.8 Å². The summed E-state index contributed by atoms with van der Waals surface area (Å²) < 4.78 is 0. The van der Waals surface area contributed by atoms with E-state index in [1.807, 2.05) is 60.7 Å². The second-order valence-electron chi connectivity index (χ2n) is 5.54. The summed E-state index contributed by atoms with van der Waals surface area (Å²) in [5.74, 6) is -0.167. The van der Waals surface area contributed by atoms with Gasteiger partial charge in [0.1, 0.15) is 0 Å². The van der Waals surface area contributed by atoms with E-state index < -0.39 is 0 Å². The minimum absolute atomic E-state index is 0.0796. The fourth-order valence-corrected chi connectivity index (χ4v) is 3.49. The van der Waals surface area contributed by atoms with Crippen molar-refractivity contribution in [3.05, 3.63) is 76.7 Å². The van der Waals surface area contributed by atoms with Crippen LogP contribution in [0.25, 0.3) is 17.7 Å². The van der Waals surface area contributed by atoms with E-state index in [9.17, 15) is 9.90 Å². The molecule has 0 amide bonds. The Kier molecular flexibility index (Phi) is 3.91. The van der Waals surface area contributed by atoms with Crippen LogP contribution in [-0.4, -0.2) is 15.9 Å². The number of rotatable bonds is 3. The van der Waals surface area contributed by atoms with Gasteiger partial charge in [-0.25, -0.2) is 0 Å². The topological polar surface area (TPSA) is 62.2 Å². The fraction of sp³-hybridized carbons (Fsp3) is 0.